The SMILES string of the molecule is CCCN1C(=S)NC2CC1(C)Oc1ccccc12. The van der Waals surface area contributed by atoms with Gasteiger partial charge >= 0.3 is 0 Å². The molecule has 0 aromatic heterocycles. The standard InChI is InChI=1S/C14H18N2OS/c1-3-8-16-13(18)15-11-9-14(16,2)17-12-7-5-4-6-10(11)12/h4-7,11H,3,8-9H2,1-2H3,(H,15,18). The first-order valence-corrected chi connectivity index (χ1v) is 6.91. The summed E-state index contributed by atoms with van der Waals surface area (Å²) in [6.45, 7) is 5.23. The highest BCUT2D eigenvalue weighted by Crippen LogP contribution is 2.43. The molecule has 0 radical (unpaired) electrons. The second kappa shape index (κ2) is 4.12. The van der Waals surface area contributed by atoms with Gasteiger partial charge in [0.25, 0.3) is 0 Å². The van der Waals surface area contributed by atoms with Crippen LogP contribution in [0.3, 0.4) is 0 Å². The van der Waals surface area contributed by atoms with Crippen LogP contribution >= 0.6 is 12.2 Å². The molecule has 2 aliphatic rings. The molecule has 3 nitrogen and oxygen atoms in total. The molecular weight excluding hydrogens is 244 g/mol. The summed E-state index contributed by atoms with van der Waals surface area (Å²) in [7, 11) is 0. The Hall–Kier alpha value is -1.29. The molecule has 2 aliphatic heterocycles. The van der Waals surface area contributed by atoms with Crippen LogP contribution in [0.4, 0.5) is 0 Å². The van der Waals surface area contributed by atoms with Gasteiger partial charge in [-0.15, -0.1) is 0 Å². The van der Waals surface area contributed by atoms with Crippen LogP contribution in [0.5, 0.6) is 5.75 Å². The van der Waals surface area contributed by atoms with Crippen molar-refractivity contribution in [2.24, 2.45) is 0 Å². The predicted octanol–water partition coefficient (Wildman–Crippen LogP) is 2.83. The minimum absolute atomic E-state index is 0.278. The normalized spacial score (nSPS) is 29.3. The van der Waals surface area contributed by atoms with Gasteiger partial charge in [-0.1, -0.05) is 25.1 Å². The second-order valence-electron chi connectivity index (χ2n) is 5.17. The highest BCUT2D eigenvalue weighted by atomic mass is 32.1. The first-order valence-electron chi connectivity index (χ1n) is 6.50. The van der Waals surface area contributed by atoms with Crippen LogP contribution < -0.4 is 10.1 Å². The molecule has 0 saturated carbocycles. The Morgan fingerprint density at radius 3 is 3.06 bits per heavy atom. The summed E-state index contributed by atoms with van der Waals surface area (Å²) >= 11 is 5.48. The molecule has 2 unspecified atom stereocenters. The van der Waals surface area contributed by atoms with Gasteiger partial charge in [0.2, 0.25) is 0 Å². The highest BCUT2D eigenvalue weighted by Gasteiger charge is 2.46. The maximum Gasteiger partial charge on any atom is 0.184 e. The minimum Gasteiger partial charge on any atom is -0.468 e. The Kier molecular flexibility index (Phi) is 2.70. The largest absolute Gasteiger partial charge is 0.468 e. The molecule has 1 aromatic carbocycles. The molecular formula is C14H18N2OS. The van der Waals surface area contributed by atoms with E-state index in [4.69, 9.17) is 17.0 Å². The summed E-state index contributed by atoms with van der Waals surface area (Å²) < 4.78 is 6.22. The number of hydrogen-bond acceptors (Lipinski definition) is 2. The third kappa shape index (κ3) is 1.67. The van der Waals surface area contributed by atoms with Gasteiger partial charge in [-0.25, -0.2) is 0 Å². The number of nitrogens with zero attached hydrogens (tertiary/aromatic N) is 1. The molecule has 4 heteroatoms. The second-order valence-corrected chi connectivity index (χ2v) is 5.56. The van der Waals surface area contributed by atoms with Crippen LogP contribution in [-0.2, 0) is 0 Å². The van der Waals surface area contributed by atoms with Gasteiger partial charge < -0.3 is 15.0 Å². The number of para-hydroxylation sites is 1. The van der Waals surface area contributed by atoms with E-state index in [2.05, 4.69) is 30.1 Å². The van der Waals surface area contributed by atoms with Crippen molar-refractivity contribution in [3.63, 3.8) is 0 Å². The lowest BCUT2D eigenvalue weighted by molar-refractivity contribution is -0.0680. The smallest absolute Gasteiger partial charge is 0.184 e. The van der Waals surface area contributed by atoms with Gasteiger partial charge in [0.15, 0.2) is 10.8 Å². The van der Waals surface area contributed by atoms with E-state index in [-0.39, 0.29) is 11.8 Å². The van der Waals surface area contributed by atoms with Crippen molar-refractivity contribution in [1.82, 2.24) is 10.2 Å². The van der Waals surface area contributed by atoms with Crippen LogP contribution in [-0.4, -0.2) is 22.3 Å². The maximum absolute atomic E-state index is 6.22. The zero-order chi connectivity index (χ0) is 12.8. The topological polar surface area (TPSA) is 24.5 Å². The zero-order valence-corrected chi connectivity index (χ0v) is 11.6. The summed E-state index contributed by atoms with van der Waals surface area (Å²) in [5, 5.41) is 4.25. The van der Waals surface area contributed by atoms with E-state index in [1.807, 2.05) is 18.2 Å². The van der Waals surface area contributed by atoms with Gasteiger partial charge in [-0.05, 0) is 31.6 Å². The number of thiocarbonyl (C=S) groups is 1. The van der Waals surface area contributed by atoms with E-state index in [0.29, 0.717) is 0 Å². The summed E-state index contributed by atoms with van der Waals surface area (Å²) in [4.78, 5) is 2.18. The van der Waals surface area contributed by atoms with Crippen molar-refractivity contribution >= 4 is 17.3 Å². The summed E-state index contributed by atoms with van der Waals surface area (Å²) in [6, 6.07) is 8.50. The van der Waals surface area contributed by atoms with Crippen molar-refractivity contribution in [3.05, 3.63) is 29.8 Å². The third-order valence-corrected chi connectivity index (χ3v) is 4.11. The number of hydrogen-bond donors (Lipinski definition) is 1. The van der Waals surface area contributed by atoms with Crippen LogP contribution in [0.25, 0.3) is 0 Å². The summed E-state index contributed by atoms with van der Waals surface area (Å²) in [6.07, 6.45) is 2.00. The van der Waals surface area contributed by atoms with E-state index in [0.717, 1.165) is 30.2 Å². The maximum atomic E-state index is 6.22. The number of fused-ring (bicyclic) bond motifs is 4. The monoisotopic (exact) mass is 262 g/mol. The predicted molar refractivity (Wildman–Crippen MR) is 75.6 cm³/mol. The molecule has 18 heavy (non-hydrogen) atoms. The average molecular weight is 262 g/mol. The Morgan fingerprint density at radius 1 is 1.50 bits per heavy atom. The molecule has 1 fully saturated rings. The third-order valence-electron chi connectivity index (χ3n) is 3.77. The molecule has 2 atom stereocenters. The fourth-order valence-electron chi connectivity index (χ4n) is 2.93. The minimum atomic E-state index is -0.308. The number of benzene rings is 1. The first kappa shape index (κ1) is 11.8. The molecule has 1 aromatic rings. The van der Waals surface area contributed by atoms with E-state index in [9.17, 15) is 0 Å². The van der Waals surface area contributed by atoms with Gasteiger partial charge in [0, 0.05) is 18.5 Å². The van der Waals surface area contributed by atoms with Crippen molar-refractivity contribution in [1.29, 1.82) is 0 Å². The molecule has 1 N–H and O–H groups in total. The summed E-state index contributed by atoms with van der Waals surface area (Å²) in [5.74, 6) is 0.979. The molecule has 96 valence electrons. The van der Waals surface area contributed by atoms with Gasteiger partial charge in [0.1, 0.15) is 5.75 Å². The lowest BCUT2D eigenvalue weighted by atomic mass is 9.90. The molecule has 2 bridgehead atoms. The Morgan fingerprint density at radius 2 is 2.28 bits per heavy atom. The molecule has 0 spiro atoms. The Bertz CT molecular complexity index is 490. The number of rotatable bonds is 2. The van der Waals surface area contributed by atoms with Crippen molar-refractivity contribution in [2.45, 2.75) is 38.5 Å². The van der Waals surface area contributed by atoms with Crippen molar-refractivity contribution < 1.29 is 4.74 Å². The number of nitrogens with one attached hydrogen (secondary N) is 1. The van der Waals surface area contributed by atoms with E-state index < -0.39 is 0 Å². The fourth-order valence-corrected chi connectivity index (χ4v) is 3.35. The Labute approximate surface area is 113 Å². The van der Waals surface area contributed by atoms with Gasteiger partial charge in [-0.2, -0.15) is 0 Å². The van der Waals surface area contributed by atoms with E-state index in [1.54, 1.807) is 0 Å². The first-order chi connectivity index (χ1) is 8.64. The Balaban J connectivity index is 2.02. The van der Waals surface area contributed by atoms with Crippen molar-refractivity contribution in [3.8, 4) is 5.75 Å². The molecule has 1 saturated heterocycles. The average Bonchev–Trinajstić information content (AvgIpc) is 2.34. The van der Waals surface area contributed by atoms with Crippen LogP contribution in [0, 0.1) is 0 Å². The zero-order valence-electron chi connectivity index (χ0n) is 10.8. The van der Waals surface area contributed by atoms with E-state index >= 15 is 0 Å². The van der Waals surface area contributed by atoms with Crippen molar-refractivity contribution in [2.75, 3.05) is 6.54 Å². The molecule has 0 aliphatic carbocycles. The lowest BCUT2D eigenvalue weighted by Crippen LogP contribution is -2.64. The fraction of sp³-hybridized carbons (Fsp3) is 0.500. The lowest BCUT2D eigenvalue weighted by Gasteiger charge is -2.52. The van der Waals surface area contributed by atoms with Gasteiger partial charge in [-0.3, -0.25) is 0 Å². The highest BCUT2D eigenvalue weighted by molar-refractivity contribution is 7.80. The quantitative estimate of drug-likeness (QED) is 0.828. The number of ether oxygens (including phenoxy) is 1. The van der Waals surface area contributed by atoms with Crippen LogP contribution in [0.15, 0.2) is 24.3 Å². The van der Waals surface area contributed by atoms with E-state index in [1.165, 1.54) is 5.56 Å². The molecule has 2 heterocycles. The van der Waals surface area contributed by atoms with Gasteiger partial charge in [0.05, 0.1) is 6.04 Å². The van der Waals surface area contributed by atoms with Crippen LogP contribution in [0.2, 0.25) is 0 Å². The molecule has 3 rings (SSSR count). The summed E-state index contributed by atoms with van der Waals surface area (Å²) in [5.41, 5.74) is 0.908. The molecule has 0 amide bonds. The van der Waals surface area contributed by atoms with Crippen LogP contribution in [0.1, 0.15) is 38.3 Å².